The molecule has 0 saturated carbocycles. The molecular formula is C14H9N5OS. The molecule has 2 aromatic heterocycles. The third-order valence-corrected chi connectivity index (χ3v) is 4.12. The number of phenols is 1. The molecule has 0 aliphatic carbocycles. The maximum Gasteiger partial charge on any atom is 0.200 e. The summed E-state index contributed by atoms with van der Waals surface area (Å²) in [5.41, 5.74) is 0.606. The summed E-state index contributed by atoms with van der Waals surface area (Å²) in [6.45, 7) is 0. The number of aromatic hydroxyl groups is 1. The van der Waals surface area contributed by atoms with E-state index in [0.717, 1.165) is 20.7 Å². The van der Waals surface area contributed by atoms with Gasteiger partial charge in [-0.3, -0.25) is 0 Å². The number of fused-ring (bicyclic) bond motifs is 2. The monoisotopic (exact) mass is 295 g/mol. The Morgan fingerprint density at radius 2 is 1.81 bits per heavy atom. The second-order valence-electron chi connectivity index (χ2n) is 4.43. The van der Waals surface area contributed by atoms with Crippen LogP contribution in [0.1, 0.15) is 0 Å². The molecule has 0 unspecified atom stereocenters. The predicted octanol–water partition coefficient (Wildman–Crippen LogP) is 2.53. The van der Waals surface area contributed by atoms with Crippen LogP contribution >= 0.6 is 11.8 Å². The quantitative estimate of drug-likeness (QED) is 0.612. The van der Waals surface area contributed by atoms with E-state index in [1.165, 1.54) is 16.4 Å². The van der Waals surface area contributed by atoms with E-state index in [1.54, 1.807) is 6.07 Å². The molecule has 7 heteroatoms. The van der Waals surface area contributed by atoms with Gasteiger partial charge in [-0.15, -0.1) is 14.8 Å². The van der Waals surface area contributed by atoms with Crippen LogP contribution in [0.25, 0.3) is 16.4 Å². The number of phenolic OH excluding ortho intramolecular Hbond substituents is 1. The minimum Gasteiger partial charge on any atom is -0.507 e. The molecule has 0 amide bonds. The van der Waals surface area contributed by atoms with Crippen molar-refractivity contribution in [1.29, 1.82) is 0 Å². The maximum atomic E-state index is 9.92. The van der Waals surface area contributed by atoms with Crippen molar-refractivity contribution in [2.45, 2.75) is 9.92 Å². The molecule has 1 N–H and O–H groups in total. The van der Waals surface area contributed by atoms with E-state index in [4.69, 9.17) is 0 Å². The predicted molar refractivity (Wildman–Crippen MR) is 78.3 cm³/mol. The van der Waals surface area contributed by atoms with Gasteiger partial charge in [0.1, 0.15) is 10.8 Å². The fourth-order valence-electron chi connectivity index (χ4n) is 2.14. The van der Waals surface area contributed by atoms with Crippen LogP contribution in [0.4, 0.5) is 0 Å². The normalized spacial score (nSPS) is 11.2. The zero-order chi connectivity index (χ0) is 14.2. The molecule has 2 heterocycles. The van der Waals surface area contributed by atoms with Crippen LogP contribution in [0, 0.1) is 0 Å². The van der Waals surface area contributed by atoms with E-state index in [-0.39, 0.29) is 5.75 Å². The van der Waals surface area contributed by atoms with Crippen molar-refractivity contribution in [2.75, 3.05) is 0 Å². The lowest BCUT2D eigenvalue weighted by atomic mass is 10.1. The third kappa shape index (κ3) is 2.07. The maximum absolute atomic E-state index is 9.92. The largest absolute Gasteiger partial charge is 0.507 e. The standard InChI is InChI=1S/C14H9N5OS/c20-11-5-6-12(10-4-2-1-3-9(10)11)21-14-8-7-13-15-17-18-19(13)16-14/h1-8,20H. The Hall–Kier alpha value is -2.67. The average molecular weight is 295 g/mol. The molecule has 0 aliphatic heterocycles. The molecule has 0 atom stereocenters. The van der Waals surface area contributed by atoms with Crippen molar-refractivity contribution >= 4 is 28.2 Å². The third-order valence-electron chi connectivity index (χ3n) is 3.12. The average Bonchev–Trinajstić information content (AvgIpc) is 2.98. The molecule has 4 rings (SSSR count). The highest BCUT2D eigenvalue weighted by atomic mass is 32.2. The van der Waals surface area contributed by atoms with Gasteiger partial charge >= 0.3 is 0 Å². The van der Waals surface area contributed by atoms with E-state index in [9.17, 15) is 5.11 Å². The summed E-state index contributed by atoms with van der Waals surface area (Å²) in [5, 5.41) is 28.0. The molecule has 6 nitrogen and oxygen atoms in total. The van der Waals surface area contributed by atoms with E-state index in [0.29, 0.717) is 5.65 Å². The molecule has 2 aromatic carbocycles. The lowest BCUT2D eigenvalue weighted by molar-refractivity contribution is 0.481. The van der Waals surface area contributed by atoms with Crippen molar-refractivity contribution in [3.05, 3.63) is 48.5 Å². The number of aromatic nitrogens is 5. The molecule has 0 aliphatic rings. The van der Waals surface area contributed by atoms with Crippen LogP contribution in [0.3, 0.4) is 0 Å². The van der Waals surface area contributed by atoms with Crippen molar-refractivity contribution in [1.82, 2.24) is 25.3 Å². The van der Waals surface area contributed by atoms with Gasteiger partial charge in [0.15, 0.2) is 5.65 Å². The van der Waals surface area contributed by atoms with Crippen molar-refractivity contribution < 1.29 is 5.11 Å². The first kappa shape index (κ1) is 12.1. The molecular weight excluding hydrogens is 286 g/mol. The van der Waals surface area contributed by atoms with Crippen LogP contribution in [-0.4, -0.2) is 30.4 Å². The minimum absolute atomic E-state index is 0.277. The lowest BCUT2D eigenvalue weighted by Gasteiger charge is -2.07. The molecule has 0 saturated heterocycles. The second kappa shape index (κ2) is 4.71. The van der Waals surface area contributed by atoms with Gasteiger partial charge in [0.25, 0.3) is 0 Å². The number of benzene rings is 2. The molecule has 0 fully saturated rings. The number of rotatable bonds is 2. The number of tetrazole rings is 1. The van der Waals surface area contributed by atoms with Gasteiger partial charge < -0.3 is 5.11 Å². The second-order valence-corrected chi connectivity index (χ2v) is 5.49. The molecule has 0 bridgehead atoms. The number of hydrogen-bond acceptors (Lipinski definition) is 6. The highest BCUT2D eigenvalue weighted by Gasteiger charge is 2.08. The van der Waals surface area contributed by atoms with Crippen LogP contribution in [0.15, 0.2) is 58.5 Å². The smallest absolute Gasteiger partial charge is 0.200 e. The summed E-state index contributed by atoms with van der Waals surface area (Å²) in [5.74, 6) is 0.277. The first-order valence-corrected chi connectivity index (χ1v) is 7.07. The van der Waals surface area contributed by atoms with Gasteiger partial charge in [0.2, 0.25) is 0 Å². The Morgan fingerprint density at radius 1 is 0.952 bits per heavy atom. The lowest BCUT2D eigenvalue weighted by Crippen LogP contribution is -1.95. The number of nitrogens with zero attached hydrogens (tertiary/aromatic N) is 5. The number of hydrogen-bond donors (Lipinski definition) is 1. The topological polar surface area (TPSA) is 76.2 Å². The Balaban J connectivity index is 1.81. The molecule has 0 spiro atoms. The van der Waals surface area contributed by atoms with E-state index >= 15 is 0 Å². The zero-order valence-electron chi connectivity index (χ0n) is 10.7. The van der Waals surface area contributed by atoms with E-state index < -0.39 is 0 Å². The highest BCUT2D eigenvalue weighted by Crippen LogP contribution is 2.36. The van der Waals surface area contributed by atoms with Gasteiger partial charge in [-0.2, -0.15) is 0 Å². The van der Waals surface area contributed by atoms with Gasteiger partial charge in [0, 0.05) is 10.3 Å². The summed E-state index contributed by atoms with van der Waals surface area (Å²) >= 11 is 1.51. The van der Waals surface area contributed by atoms with E-state index in [2.05, 4.69) is 20.6 Å². The summed E-state index contributed by atoms with van der Waals surface area (Å²) in [6, 6.07) is 15.0. The van der Waals surface area contributed by atoms with Crippen LogP contribution in [0.5, 0.6) is 5.75 Å². The Kier molecular flexibility index (Phi) is 2.71. The van der Waals surface area contributed by atoms with Crippen molar-refractivity contribution in [3.63, 3.8) is 0 Å². The summed E-state index contributed by atoms with van der Waals surface area (Å²) in [7, 11) is 0. The molecule has 0 radical (unpaired) electrons. The molecule has 102 valence electrons. The zero-order valence-corrected chi connectivity index (χ0v) is 11.5. The fourth-order valence-corrected chi connectivity index (χ4v) is 3.05. The Labute approximate surface area is 123 Å². The van der Waals surface area contributed by atoms with Gasteiger partial charge in [-0.25, -0.2) is 0 Å². The highest BCUT2D eigenvalue weighted by molar-refractivity contribution is 7.99. The SMILES string of the molecule is Oc1ccc(Sc2ccc3nnnn3n2)c2ccccc12. The van der Waals surface area contributed by atoms with E-state index in [1.807, 2.05) is 42.5 Å². The van der Waals surface area contributed by atoms with Crippen LogP contribution in [-0.2, 0) is 0 Å². The van der Waals surface area contributed by atoms with Crippen LogP contribution < -0.4 is 0 Å². The Bertz CT molecular complexity index is 952. The molecule has 21 heavy (non-hydrogen) atoms. The van der Waals surface area contributed by atoms with Gasteiger partial charge in [-0.05, 0) is 40.1 Å². The van der Waals surface area contributed by atoms with Crippen LogP contribution in [0.2, 0.25) is 0 Å². The summed E-state index contributed by atoms with van der Waals surface area (Å²) in [4.78, 5) is 1.02. The first-order valence-electron chi connectivity index (χ1n) is 6.25. The fraction of sp³-hybridized carbons (Fsp3) is 0. The summed E-state index contributed by atoms with van der Waals surface area (Å²) in [6.07, 6.45) is 0. The Morgan fingerprint density at radius 3 is 2.71 bits per heavy atom. The van der Waals surface area contributed by atoms with Crippen molar-refractivity contribution in [2.24, 2.45) is 0 Å². The molecule has 4 aromatic rings. The van der Waals surface area contributed by atoms with Crippen molar-refractivity contribution in [3.8, 4) is 5.75 Å². The summed E-state index contributed by atoms with van der Waals surface area (Å²) < 4.78 is 1.39. The van der Waals surface area contributed by atoms with Gasteiger partial charge in [0.05, 0.1) is 0 Å². The van der Waals surface area contributed by atoms with Gasteiger partial charge in [-0.1, -0.05) is 36.0 Å². The first-order chi connectivity index (χ1) is 10.3. The minimum atomic E-state index is 0.277.